The van der Waals surface area contributed by atoms with Gasteiger partial charge < -0.3 is 10.1 Å². The monoisotopic (exact) mass is 354 g/mol. The van der Waals surface area contributed by atoms with E-state index in [2.05, 4.69) is 10.0 Å². The molecule has 0 saturated carbocycles. The summed E-state index contributed by atoms with van der Waals surface area (Å²) in [6, 6.07) is 10.5. The van der Waals surface area contributed by atoms with Crippen LogP contribution in [0.2, 0.25) is 0 Å². The molecule has 1 aromatic carbocycles. The predicted molar refractivity (Wildman–Crippen MR) is 89.1 cm³/mol. The highest BCUT2D eigenvalue weighted by Crippen LogP contribution is 2.21. The van der Waals surface area contributed by atoms with E-state index in [1.54, 1.807) is 19.2 Å². The summed E-state index contributed by atoms with van der Waals surface area (Å²) in [5.41, 5.74) is 0.803. The number of benzene rings is 1. The maximum Gasteiger partial charge on any atom is 0.249 e. The normalized spacial score (nSPS) is 11.2. The number of amides is 1. The Labute approximate surface area is 139 Å². The van der Waals surface area contributed by atoms with Gasteiger partial charge in [0.15, 0.2) is 0 Å². The first kappa shape index (κ1) is 17.5. The Bertz CT molecular complexity index is 784. The molecule has 1 aromatic heterocycles. The summed E-state index contributed by atoms with van der Waals surface area (Å²) in [4.78, 5) is 12.8. The first-order valence-electron chi connectivity index (χ1n) is 6.87. The van der Waals surface area contributed by atoms with Gasteiger partial charge in [-0.1, -0.05) is 18.2 Å². The lowest BCUT2D eigenvalue weighted by Crippen LogP contribution is -2.24. The highest BCUT2D eigenvalue weighted by Gasteiger charge is 2.14. The zero-order chi connectivity index (χ0) is 16.9. The Hall–Kier alpha value is -1.90. The molecule has 0 unspecified atom stereocenters. The van der Waals surface area contributed by atoms with Crippen LogP contribution in [0.5, 0.6) is 5.75 Å². The van der Waals surface area contributed by atoms with Crippen LogP contribution >= 0.6 is 11.3 Å². The molecule has 0 saturated heterocycles. The summed E-state index contributed by atoms with van der Waals surface area (Å²) >= 11 is 1.13. The van der Waals surface area contributed by atoms with E-state index >= 15 is 0 Å². The zero-order valence-electron chi connectivity index (χ0n) is 12.8. The van der Waals surface area contributed by atoms with Crippen LogP contribution in [0.3, 0.4) is 0 Å². The molecule has 0 aliphatic heterocycles. The van der Waals surface area contributed by atoms with Gasteiger partial charge in [0.2, 0.25) is 15.9 Å². The van der Waals surface area contributed by atoms with E-state index in [1.807, 2.05) is 18.2 Å². The van der Waals surface area contributed by atoms with Crippen LogP contribution in [-0.2, 0) is 27.8 Å². The Kier molecular flexibility index (Phi) is 5.75. The second-order valence-corrected chi connectivity index (χ2v) is 7.98. The summed E-state index contributed by atoms with van der Waals surface area (Å²) in [5.74, 6) is 0.516. The summed E-state index contributed by atoms with van der Waals surface area (Å²) < 4.78 is 31.0. The molecular weight excluding hydrogens is 336 g/mol. The van der Waals surface area contributed by atoms with Gasteiger partial charge in [-0.2, -0.15) is 0 Å². The molecule has 0 fully saturated rings. The van der Waals surface area contributed by atoms with Gasteiger partial charge in [0.05, 0.1) is 20.1 Å². The van der Waals surface area contributed by atoms with Crippen LogP contribution in [0.15, 0.2) is 40.6 Å². The third-order valence-corrected chi connectivity index (χ3v) is 6.17. The van der Waals surface area contributed by atoms with Crippen molar-refractivity contribution >= 4 is 27.3 Å². The van der Waals surface area contributed by atoms with Crippen molar-refractivity contribution in [2.45, 2.75) is 17.2 Å². The first-order valence-corrected chi connectivity index (χ1v) is 9.17. The summed E-state index contributed by atoms with van der Waals surface area (Å²) in [7, 11) is -0.508. The van der Waals surface area contributed by atoms with Crippen LogP contribution in [0.1, 0.15) is 10.4 Å². The molecule has 0 radical (unpaired) electrons. The smallest absolute Gasteiger partial charge is 0.249 e. The molecule has 2 aromatic rings. The van der Waals surface area contributed by atoms with E-state index in [0.717, 1.165) is 21.8 Å². The maximum atomic E-state index is 12.0. The van der Waals surface area contributed by atoms with E-state index in [4.69, 9.17) is 4.74 Å². The van der Waals surface area contributed by atoms with Gasteiger partial charge in [0.25, 0.3) is 0 Å². The van der Waals surface area contributed by atoms with Crippen molar-refractivity contribution in [3.8, 4) is 5.75 Å². The average Bonchev–Trinajstić information content (AvgIpc) is 3.03. The van der Waals surface area contributed by atoms with E-state index in [0.29, 0.717) is 5.75 Å². The predicted octanol–water partition coefficient (Wildman–Crippen LogP) is 1.52. The van der Waals surface area contributed by atoms with Crippen molar-refractivity contribution in [3.05, 3.63) is 46.8 Å². The standard InChI is InChI=1S/C15H18N2O4S2/c1-16-23(19,20)15-8-7-12(22-15)10-17-14(18)9-11-5-3-4-6-13(11)21-2/h3-8,16H,9-10H2,1-2H3,(H,17,18). The molecule has 2 N–H and O–H groups in total. The second-order valence-electron chi connectivity index (χ2n) is 4.69. The molecule has 0 aliphatic rings. The minimum absolute atomic E-state index is 0.152. The molecule has 8 heteroatoms. The fourth-order valence-electron chi connectivity index (χ4n) is 1.97. The van der Waals surface area contributed by atoms with Crippen molar-refractivity contribution in [3.63, 3.8) is 0 Å². The highest BCUT2D eigenvalue weighted by molar-refractivity contribution is 7.91. The maximum absolute atomic E-state index is 12.0. The van der Waals surface area contributed by atoms with Crippen LogP contribution in [0.25, 0.3) is 0 Å². The van der Waals surface area contributed by atoms with Crippen molar-refractivity contribution < 1.29 is 17.9 Å². The Morgan fingerprint density at radius 1 is 1.22 bits per heavy atom. The number of thiophene rings is 1. The molecule has 1 amide bonds. The quantitative estimate of drug-likeness (QED) is 0.790. The number of rotatable bonds is 7. The van der Waals surface area contributed by atoms with E-state index in [9.17, 15) is 13.2 Å². The molecule has 2 rings (SSSR count). The lowest BCUT2D eigenvalue weighted by molar-refractivity contribution is -0.120. The van der Waals surface area contributed by atoms with Crippen molar-refractivity contribution in [1.82, 2.24) is 10.0 Å². The average molecular weight is 354 g/mol. The van der Waals surface area contributed by atoms with Gasteiger partial charge in [-0.25, -0.2) is 13.1 Å². The van der Waals surface area contributed by atoms with E-state index < -0.39 is 10.0 Å². The SMILES string of the molecule is CNS(=O)(=O)c1ccc(CNC(=O)Cc2ccccc2OC)s1. The molecule has 0 bridgehead atoms. The summed E-state index contributed by atoms with van der Waals surface area (Å²) in [6.45, 7) is 0.290. The fourth-order valence-corrected chi connectivity index (χ4v) is 4.10. The number of methoxy groups -OCH3 is 1. The Morgan fingerprint density at radius 3 is 2.65 bits per heavy atom. The molecule has 0 aliphatic carbocycles. The van der Waals surface area contributed by atoms with Crippen LogP contribution in [0.4, 0.5) is 0 Å². The van der Waals surface area contributed by atoms with Gasteiger partial charge >= 0.3 is 0 Å². The topological polar surface area (TPSA) is 84.5 Å². The lowest BCUT2D eigenvalue weighted by Gasteiger charge is -2.08. The van der Waals surface area contributed by atoms with Gasteiger partial charge in [-0.3, -0.25) is 4.79 Å². The van der Waals surface area contributed by atoms with Crippen molar-refractivity contribution in [1.29, 1.82) is 0 Å². The molecule has 1 heterocycles. The van der Waals surface area contributed by atoms with Crippen molar-refractivity contribution in [2.75, 3.05) is 14.2 Å². The molecule has 6 nitrogen and oxygen atoms in total. The zero-order valence-corrected chi connectivity index (χ0v) is 14.5. The van der Waals surface area contributed by atoms with Crippen LogP contribution in [0, 0.1) is 0 Å². The number of carbonyl (C=O) groups is 1. The molecule has 0 atom stereocenters. The number of ether oxygens (including phenoxy) is 1. The number of hydrogen-bond acceptors (Lipinski definition) is 5. The van der Waals surface area contributed by atoms with E-state index in [-0.39, 0.29) is 23.1 Å². The molecule has 124 valence electrons. The molecular formula is C15H18N2O4S2. The fraction of sp³-hybridized carbons (Fsp3) is 0.267. The number of para-hydroxylation sites is 1. The van der Waals surface area contributed by atoms with Gasteiger partial charge in [-0.15, -0.1) is 11.3 Å². The van der Waals surface area contributed by atoms with Crippen molar-refractivity contribution in [2.24, 2.45) is 0 Å². The van der Waals surface area contributed by atoms with Crippen LogP contribution in [-0.4, -0.2) is 28.5 Å². The third-order valence-electron chi connectivity index (χ3n) is 3.17. The minimum Gasteiger partial charge on any atom is -0.496 e. The number of sulfonamides is 1. The third kappa shape index (κ3) is 4.54. The summed E-state index contributed by atoms with van der Waals surface area (Å²) in [6.07, 6.45) is 0.205. The van der Waals surface area contributed by atoms with Crippen LogP contribution < -0.4 is 14.8 Å². The highest BCUT2D eigenvalue weighted by atomic mass is 32.2. The second kappa shape index (κ2) is 7.58. The number of hydrogen-bond donors (Lipinski definition) is 2. The van der Waals surface area contributed by atoms with Gasteiger partial charge in [0, 0.05) is 10.4 Å². The lowest BCUT2D eigenvalue weighted by atomic mass is 10.1. The largest absolute Gasteiger partial charge is 0.496 e. The Balaban J connectivity index is 1.95. The van der Waals surface area contributed by atoms with Gasteiger partial charge in [-0.05, 0) is 25.2 Å². The van der Waals surface area contributed by atoms with E-state index in [1.165, 1.54) is 13.1 Å². The minimum atomic E-state index is -3.43. The molecule has 23 heavy (non-hydrogen) atoms. The first-order chi connectivity index (χ1) is 11.0. The molecule has 0 spiro atoms. The number of carbonyl (C=O) groups excluding carboxylic acids is 1. The summed E-state index contributed by atoms with van der Waals surface area (Å²) in [5, 5.41) is 2.78. The Morgan fingerprint density at radius 2 is 1.96 bits per heavy atom. The van der Waals surface area contributed by atoms with Gasteiger partial charge in [0.1, 0.15) is 9.96 Å². The number of nitrogens with one attached hydrogen (secondary N) is 2.